The third kappa shape index (κ3) is 8.40. The van der Waals surface area contributed by atoms with Crippen LogP contribution in [-0.2, 0) is 9.47 Å². The van der Waals surface area contributed by atoms with E-state index in [0.717, 1.165) is 12.8 Å². The predicted octanol–water partition coefficient (Wildman–Crippen LogP) is 2.25. The molecule has 0 unspecified atom stereocenters. The van der Waals surface area contributed by atoms with Gasteiger partial charge in [0.05, 0.1) is 12.2 Å². The van der Waals surface area contributed by atoms with E-state index in [-0.39, 0.29) is 23.8 Å². The molecule has 2 amide bonds. The second kappa shape index (κ2) is 11.6. The summed E-state index contributed by atoms with van der Waals surface area (Å²) < 4.78 is 11.1. The van der Waals surface area contributed by atoms with Crippen molar-refractivity contribution in [3.05, 3.63) is 29.6 Å². The molecule has 7 nitrogen and oxygen atoms in total. The number of nitrogens with two attached hydrogens (primary N) is 1. The fourth-order valence-electron chi connectivity index (χ4n) is 2.34. The lowest BCUT2D eigenvalue weighted by molar-refractivity contribution is 0.0538. The van der Waals surface area contributed by atoms with Gasteiger partial charge in [-0.3, -0.25) is 14.6 Å². The smallest absolute Gasteiger partial charge is 0.267 e. The van der Waals surface area contributed by atoms with Crippen LogP contribution >= 0.6 is 0 Å². The first-order valence-corrected chi connectivity index (χ1v) is 9.09. The molecule has 146 valence electrons. The van der Waals surface area contributed by atoms with Crippen molar-refractivity contribution in [2.75, 3.05) is 26.3 Å². The van der Waals surface area contributed by atoms with Crippen molar-refractivity contribution in [3.8, 4) is 0 Å². The van der Waals surface area contributed by atoms with Gasteiger partial charge in [-0.2, -0.15) is 0 Å². The lowest BCUT2D eigenvalue weighted by Gasteiger charge is -2.23. The molecule has 26 heavy (non-hydrogen) atoms. The van der Waals surface area contributed by atoms with E-state index >= 15 is 0 Å². The molecule has 0 aliphatic heterocycles. The summed E-state index contributed by atoms with van der Waals surface area (Å²) in [6, 6.07) is 3.03. The zero-order valence-electron chi connectivity index (χ0n) is 16.2. The standard InChI is InChI=1S/C19H31N3O4/c1-14(2)25-11-5-9-22(10-6-12-26-15(3)4)19(24)16-7-8-21-17(13-16)18(20)23/h7-8,13-15H,5-6,9-12H2,1-4H3,(H2,20,23). The fourth-order valence-corrected chi connectivity index (χ4v) is 2.34. The molecule has 1 rings (SSSR count). The van der Waals surface area contributed by atoms with Gasteiger partial charge in [0.1, 0.15) is 5.69 Å². The summed E-state index contributed by atoms with van der Waals surface area (Å²) in [5, 5.41) is 0. The van der Waals surface area contributed by atoms with Gasteiger partial charge in [-0.25, -0.2) is 0 Å². The highest BCUT2D eigenvalue weighted by Crippen LogP contribution is 2.09. The third-order valence-corrected chi connectivity index (χ3v) is 3.59. The van der Waals surface area contributed by atoms with Crippen LogP contribution in [0.25, 0.3) is 0 Å². The van der Waals surface area contributed by atoms with E-state index in [9.17, 15) is 9.59 Å². The van der Waals surface area contributed by atoms with E-state index < -0.39 is 5.91 Å². The number of nitrogens with zero attached hydrogens (tertiary/aromatic N) is 2. The van der Waals surface area contributed by atoms with E-state index in [4.69, 9.17) is 15.2 Å². The highest BCUT2D eigenvalue weighted by molar-refractivity contribution is 5.97. The molecule has 0 atom stereocenters. The number of ether oxygens (including phenoxy) is 2. The van der Waals surface area contributed by atoms with Crippen molar-refractivity contribution >= 4 is 11.8 Å². The Hall–Kier alpha value is -1.99. The normalized spacial score (nSPS) is 11.2. The highest BCUT2D eigenvalue weighted by Gasteiger charge is 2.17. The van der Waals surface area contributed by atoms with Gasteiger partial charge in [0, 0.05) is 38.1 Å². The van der Waals surface area contributed by atoms with Crippen LogP contribution in [0.1, 0.15) is 61.4 Å². The Bertz CT molecular complexity index is 560. The summed E-state index contributed by atoms with van der Waals surface area (Å²) in [5.74, 6) is -0.800. The maximum absolute atomic E-state index is 12.8. The topological polar surface area (TPSA) is 94.8 Å². The van der Waals surface area contributed by atoms with Crippen LogP contribution in [0, 0.1) is 0 Å². The molecule has 0 aliphatic carbocycles. The monoisotopic (exact) mass is 365 g/mol. The van der Waals surface area contributed by atoms with Crippen molar-refractivity contribution in [2.24, 2.45) is 5.73 Å². The van der Waals surface area contributed by atoms with Crippen molar-refractivity contribution in [1.82, 2.24) is 9.88 Å². The Labute approximate surface area is 155 Å². The minimum atomic E-state index is -0.651. The number of carbonyl (C=O) groups is 2. The molecule has 0 aromatic carbocycles. The van der Waals surface area contributed by atoms with Crippen LogP contribution < -0.4 is 5.73 Å². The fraction of sp³-hybridized carbons (Fsp3) is 0.632. The van der Waals surface area contributed by atoms with Gasteiger partial charge in [0.25, 0.3) is 11.8 Å². The van der Waals surface area contributed by atoms with Gasteiger partial charge >= 0.3 is 0 Å². The van der Waals surface area contributed by atoms with Crippen LogP contribution in [-0.4, -0.2) is 60.2 Å². The largest absolute Gasteiger partial charge is 0.379 e. The second-order valence-electron chi connectivity index (χ2n) is 6.63. The molecular formula is C19H31N3O4. The van der Waals surface area contributed by atoms with Crippen molar-refractivity contribution in [3.63, 3.8) is 0 Å². The van der Waals surface area contributed by atoms with Crippen molar-refractivity contribution in [1.29, 1.82) is 0 Å². The van der Waals surface area contributed by atoms with Crippen molar-refractivity contribution < 1.29 is 19.1 Å². The molecule has 1 aromatic rings. The molecule has 0 saturated carbocycles. The summed E-state index contributed by atoms with van der Waals surface area (Å²) in [7, 11) is 0. The lowest BCUT2D eigenvalue weighted by Crippen LogP contribution is -2.34. The van der Waals surface area contributed by atoms with E-state index in [1.54, 1.807) is 11.0 Å². The molecule has 0 saturated heterocycles. The van der Waals surface area contributed by atoms with Gasteiger partial charge in [0.15, 0.2) is 0 Å². The average Bonchev–Trinajstić information content (AvgIpc) is 2.59. The predicted molar refractivity (Wildman–Crippen MR) is 100 cm³/mol. The highest BCUT2D eigenvalue weighted by atomic mass is 16.5. The van der Waals surface area contributed by atoms with Crippen LogP contribution in [0.15, 0.2) is 18.3 Å². The van der Waals surface area contributed by atoms with Crippen LogP contribution in [0.2, 0.25) is 0 Å². The van der Waals surface area contributed by atoms with Gasteiger partial charge in [-0.15, -0.1) is 0 Å². The minimum Gasteiger partial charge on any atom is -0.379 e. The summed E-state index contributed by atoms with van der Waals surface area (Å²) in [6.45, 7) is 10.2. The number of aromatic nitrogens is 1. The van der Waals surface area contributed by atoms with E-state index in [2.05, 4.69) is 4.98 Å². The zero-order chi connectivity index (χ0) is 19.5. The Morgan fingerprint density at radius 3 is 2.08 bits per heavy atom. The van der Waals surface area contributed by atoms with Crippen LogP contribution in [0.3, 0.4) is 0 Å². The SMILES string of the molecule is CC(C)OCCCN(CCCOC(C)C)C(=O)c1ccnc(C(N)=O)c1. The Morgan fingerprint density at radius 1 is 1.08 bits per heavy atom. The molecule has 0 aliphatic rings. The first kappa shape index (κ1) is 22.1. The van der Waals surface area contributed by atoms with Gasteiger partial charge in [-0.1, -0.05) is 0 Å². The maximum atomic E-state index is 12.8. The number of hydrogen-bond acceptors (Lipinski definition) is 5. The number of rotatable bonds is 12. The first-order valence-electron chi connectivity index (χ1n) is 9.09. The summed E-state index contributed by atoms with van der Waals surface area (Å²) in [6.07, 6.45) is 3.23. The van der Waals surface area contributed by atoms with Gasteiger partial charge < -0.3 is 20.1 Å². The summed E-state index contributed by atoms with van der Waals surface area (Å²) >= 11 is 0. The second-order valence-corrected chi connectivity index (χ2v) is 6.63. The lowest BCUT2D eigenvalue weighted by atomic mass is 10.2. The summed E-state index contributed by atoms with van der Waals surface area (Å²) in [4.78, 5) is 29.8. The molecule has 0 spiro atoms. The minimum absolute atomic E-state index is 0.0853. The molecule has 0 radical (unpaired) electrons. The molecule has 2 N–H and O–H groups in total. The van der Waals surface area contributed by atoms with Gasteiger partial charge in [-0.05, 0) is 52.7 Å². The Kier molecular flexibility index (Phi) is 9.83. The molecule has 1 aromatic heterocycles. The van der Waals surface area contributed by atoms with Crippen LogP contribution in [0.5, 0.6) is 0 Å². The average molecular weight is 365 g/mol. The number of hydrogen-bond donors (Lipinski definition) is 1. The third-order valence-electron chi connectivity index (χ3n) is 3.59. The Morgan fingerprint density at radius 2 is 1.62 bits per heavy atom. The van der Waals surface area contributed by atoms with E-state index in [0.29, 0.717) is 31.9 Å². The number of pyridine rings is 1. The molecule has 0 fully saturated rings. The van der Waals surface area contributed by atoms with Crippen molar-refractivity contribution in [2.45, 2.75) is 52.7 Å². The van der Waals surface area contributed by atoms with Crippen LogP contribution in [0.4, 0.5) is 0 Å². The maximum Gasteiger partial charge on any atom is 0.267 e. The van der Waals surface area contributed by atoms with E-state index in [1.165, 1.54) is 12.3 Å². The molecule has 1 heterocycles. The molecule has 0 bridgehead atoms. The molecular weight excluding hydrogens is 334 g/mol. The Balaban J connectivity index is 2.72. The number of carbonyl (C=O) groups excluding carboxylic acids is 2. The van der Waals surface area contributed by atoms with Gasteiger partial charge in [0.2, 0.25) is 0 Å². The zero-order valence-corrected chi connectivity index (χ0v) is 16.2. The number of amides is 2. The summed E-state index contributed by atoms with van der Waals surface area (Å²) in [5.41, 5.74) is 5.74. The quantitative estimate of drug-likeness (QED) is 0.573. The van der Waals surface area contributed by atoms with E-state index in [1.807, 2.05) is 27.7 Å². The number of primary amides is 1. The first-order chi connectivity index (χ1) is 12.3. The molecule has 7 heteroatoms.